The number of nitriles is 1. The monoisotopic (exact) mass is 436 g/mol. The van der Waals surface area contributed by atoms with E-state index in [0.717, 1.165) is 11.4 Å². The summed E-state index contributed by atoms with van der Waals surface area (Å²) in [6.07, 6.45) is -0.120. The molecule has 0 aliphatic carbocycles. The Labute approximate surface area is 188 Å². The molecule has 0 spiro atoms. The van der Waals surface area contributed by atoms with Gasteiger partial charge in [-0.25, -0.2) is 0 Å². The lowest BCUT2D eigenvalue weighted by atomic mass is 10.2. The number of hydrogen-bond acceptors (Lipinski definition) is 6. The van der Waals surface area contributed by atoms with E-state index in [9.17, 15) is 9.59 Å². The molecule has 8 nitrogen and oxygen atoms in total. The van der Waals surface area contributed by atoms with Crippen LogP contribution in [-0.2, 0) is 14.3 Å². The van der Waals surface area contributed by atoms with Crippen molar-refractivity contribution in [1.29, 1.82) is 5.26 Å². The standard InChI is InChI=1S/C22H22N4O4.C2H6/c1-14-10-20(30-18-6-7-19(24)15(11-18)12-23)22(28)26(14)17-4-2-16(3-5-17)25-8-9-29-13-21(25)27;1-2/h2-7,11,14,20H,8-10,13,24H2,1H3;1-2H3. The van der Waals surface area contributed by atoms with Crippen molar-refractivity contribution in [3.63, 3.8) is 0 Å². The summed E-state index contributed by atoms with van der Waals surface area (Å²) in [4.78, 5) is 28.4. The molecule has 2 unspecified atom stereocenters. The Morgan fingerprint density at radius 2 is 1.81 bits per heavy atom. The molecule has 2 aromatic rings. The van der Waals surface area contributed by atoms with Crippen molar-refractivity contribution < 1.29 is 19.1 Å². The summed E-state index contributed by atoms with van der Waals surface area (Å²) in [6, 6.07) is 14.1. The maximum atomic E-state index is 13.0. The van der Waals surface area contributed by atoms with E-state index in [4.69, 9.17) is 20.5 Å². The minimum absolute atomic E-state index is 0.0532. The van der Waals surface area contributed by atoms with Crippen LogP contribution in [0.1, 0.15) is 32.8 Å². The molecule has 2 atom stereocenters. The lowest BCUT2D eigenvalue weighted by Gasteiger charge is -2.28. The second-order valence-corrected chi connectivity index (χ2v) is 7.37. The molecule has 0 bridgehead atoms. The number of carbonyl (C=O) groups excluding carboxylic acids is 2. The van der Waals surface area contributed by atoms with Crippen LogP contribution in [0.4, 0.5) is 17.1 Å². The molecule has 4 rings (SSSR count). The third kappa shape index (κ3) is 4.68. The van der Waals surface area contributed by atoms with Gasteiger partial charge in [0.2, 0.25) is 0 Å². The number of morpholine rings is 1. The van der Waals surface area contributed by atoms with Crippen LogP contribution in [0, 0.1) is 11.3 Å². The van der Waals surface area contributed by atoms with Gasteiger partial charge < -0.3 is 25.0 Å². The topological polar surface area (TPSA) is 109 Å². The van der Waals surface area contributed by atoms with E-state index in [1.54, 1.807) is 28.0 Å². The highest BCUT2D eigenvalue weighted by molar-refractivity contribution is 6.00. The number of hydrogen-bond donors (Lipinski definition) is 1. The van der Waals surface area contributed by atoms with Crippen molar-refractivity contribution in [2.45, 2.75) is 39.3 Å². The molecule has 0 aromatic heterocycles. The highest BCUT2D eigenvalue weighted by atomic mass is 16.5. The van der Waals surface area contributed by atoms with E-state index in [1.807, 2.05) is 51.1 Å². The SMILES string of the molecule is CC.CC1CC(Oc2ccc(N)c(C#N)c2)C(=O)N1c1ccc(N2CCOCC2=O)cc1. The van der Waals surface area contributed by atoms with Gasteiger partial charge in [-0.2, -0.15) is 5.26 Å². The van der Waals surface area contributed by atoms with E-state index in [-0.39, 0.29) is 24.5 Å². The first kappa shape index (κ1) is 23.1. The van der Waals surface area contributed by atoms with Crippen LogP contribution in [0.3, 0.4) is 0 Å². The summed E-state index contributed by atoms with van der Waals surface area (Å²) in [6.45, 7) is 7.07. The Morgan fingerprint density at radius 3 is 2.47 bits per heavy atom. The minimum Gasteiger partial charge on any atom is -0.480 e. The van der Waals surface area contributed by atoms with Gasteiger partial charge >= 0.3 is 0 Å². The molecule has 8 heteroatoms. The molecule has 2 aliphatic rings. The van der Waals surface area contributed by atoms with E-state index < -0.39 is 6.10 Å². The molecule has 2 aromatic carbocycles. The van der Waals surface area contributed by atoms with Crippen LogP contribution in [0.15, 0.2) is 42.5 Å². The molecule has 168 valence electrons. The molecule has 0 saturated carbocycles. The fourth-order valence-corrected chi connectivity index (χ4v) is 3.82. The van der Waals surface area contributed by atoms with Gasteiger partial charge in [-0.1, -0.05) is 13.8 Å². The summed E-state index contributed by atoms with van der Waals surface area (Å²) in [5, 5.41) is 9.13. The Balaban J connectivity index is 0.00000141. The third-order valence-corrected chi connectivity index (χ3v) is 5.36. The molecule has 2 fully saturated rings. The second-order valence-electron chi connectivity index (χ2n) is 7.37. The molecular formula is C24H28N4O4. The number of nitrogens with zero attached hydrogens (tertiary/aromatic N) is 3. The number of ether oxygens (including phenoxy) is 2. The molecule has 2 saturated heterocycles. The minimum atomic E-state index is -0.643. The summed E-state index contributed by atoms with van der Waals surface area (Å²) in [5.41, 5.74) is 7.96. The van der Waals surface area contributed by atoms with E-state index in [2.05, 4.69) is 0 Å². The second kappa shape index (κ2) is 10.2. The fourth-order valence-electron chi connectivity index (χ4n) is 3.82. The van der Waals surface area contributed by atoms with Gasteiger partial charge in [0.25, 0.3) is 11.8 Å². The van der Waals surface area contributed by atoms with Crippen molar-refractivity contribution in [1.82, 2.24) is 0 Å². The molecule has 2 heterocycles. The van der Waals surface area contributed by atoms with Gasteiger partial charge in [-0.15, -0.1) is 0 Å². The molecule has 0 radical (unpaired) electrons. The number of carbonyl (C=O) groups is 2. The van der Waals surface area contributed by atoms with Crippen molar-refractivity contribution in [2.75, 3.05) is 35.3 Å². The largest absolute Gasteiger partial charge is 0.480 e. The van der Waals surface area contributed by atoms with E-state index >= 15 is 0 Å². The number of anilines is 3. The van der Waals surface area contributed by atoms with Crippen molar-refractivity contribution in [3.8, 4) is 11.8 Å². The number of amides is 2. The smallest absolute Gasteiger partial charge is 0.268 e. The van der Waals surface area contributed by atoms with Crippen LogP contribution in [0.5, 0.6) is 5.75 Å². The lowest BCUT2D eigenvalue weighted by Crippen LogP contribution is -2.41. The van der Waals surface area contributed by atoms with Gasteiger partial charge in [0.15, 0.2) is 6.10 Å². The van der Waals surface area contributed by atoms with Crippen LogP contribution < -0.4 is 20.3 Å². The Kier molecular flexibility index (Phi) is 7.33. The first-order valence-electron chi connectivity index (χ1n) is 10.8. The van der Waals surface area contributed by atoms with Crippen molar-refractivity contribution in [3.05, 3.63) is 48.0 Å². The average Bonchev–Trinajstić information content (AvgIpc) is 3.09. The van der Waals surface area contributed by atoms with Gasteiger partial charge in [0.1, 0.15) is 18.4 Å². The molecule has 2 aliphatic heterocycles. The zero-order chi connectivity index (χ0) is 23.3. The van der Waals surface area contributed by atoms with Crippen LogP contribution >= 0.6 is 0 Å². The zero-order valence-electron chi connectivity index (χ0n) is 18.6. The van der Waals surface area contributed by atoms with Gasteiger partial charge in [0, 0.05) is 42.1 Å². The number of benzene rings is 2. The fraction of sp³-hybridized carbons (Fsp3) is 0.375. The van der Waals surface area contributed by atoms with Crippen molar-refractivity contribution >= 4 is 28.9 Å². The number of rotatable bonds is 4. The van der Waals surface area contributed by atoms with E-state index in [1.165, 1.54) is 0 Å². The highest BCUT2D eigenvalue weighted by Crippen LogP contribution is 2.31. The van der Waals surface area contributed by atoms with Crippen LogP contribution in [0.25, 0.3) is 0 Å². The maximum Gasteiger partial charge on any atom is 0.268 e. The number of nitrogens with two attached hydrogens (primary N) is 1. The van der Waals surface area contributed by atoms with Crippen LogP contribution in [-0.4, -0.2) is 43.7 Å². The summed E-state index contributed by atoms with van der Waals surface area (Å²) < 4.78 is 11.0. The Hall–Kier alpha value is -3.57. The molecular weight excluding hydrogens is 408 g/mol. The third-order valence-electron chi connectivity index (χ3n) is 5.36. The van der Waals surface area contributed by atoms with Crippen molar-refractivity contribution in [2.24, 2.45) is 0 Å². The quantitative estimate of drug-likeness (QED) is 0.738. The average molecular weight is 437 g/mol. The predicted octanol–water partition coefficient (Wildman–Crippen LogP) is 3.10. The maximum absolute atomic E-state index is 13.0. The molecule has 2 N–H and O–H groups in total. The van der Waals surface area contributed by atoms with Gasteiger partial charge in [-0.05, 0) is 43.3 Å². The summed E-state index contributed by atoms with van der Waals surface area (Å²) in [5.74, 6) is 0.218. The number of nitrogen functional groups attached to an aromatic ring is 1. The first-order valence-corrected chi connectivity index (χ1v) is 10.8. The molecule has 2 amide bonds. The lowest BCUT2D eigenvalue weighted by molar-refractivity contribution is -0.125. The van der Waals surface area contributed by atoms with E-state index in [0.29, 0.717) is 36.6 Å². The highest BCUT2D eigenvalue weighted by Gasteiger charge is 2.39. The summed E-state index contributed by atoms with van der Waals surface area (Å²) in [7, 11) is 0. The van der Waals surface area contributed by atoms with Crippen LogP contribution in [0.2, 0.25) is 0 Å². The first-order chi connectivity index (χ1) is 15.5. The normalized spacial score (nSPS) is 20.4. The zero-order valence-corrected chi connectivity index (χ0v) is 18.6. The van der Waals surface area contributed by atoms with Gasteiger partial charge in [0.05, 0.1) is 12.2 Å². The summed E-state index contributed by atoms with van der Waals surface area (Å²) >= 11 is 0. The predicted molar refractivity (Wildman–Crippen MR) is 123 cm³/mol. The Morgan fingerprint density at radius 1 is 1.12 bits per heavy atom. The van der Waals surface area contributed by atoms with Gasteiger partial charge in [-0.3, -0.25) is 9.59 Å². The molecule has 32 heavy (non-hydrogen) atoms. The Bertz CT molecular complexity index is 1020.